The predicted molar refractivity (Wildman–Crippen MR) is 247 cm³/mol. The fourth-order valence-corrected chi connectivity index (χ4v) is 6.32. The summed E-state index contributed by atoms with van der Waals surface area (Å²) < 4.78 is 16.6. The van der Waals surface area contributed by atoms with E-state index in [4.69, 9.17) is 14.2 Å². The van der Waals surface area contributed by atoms with Crippen molar-refractivity contribution < 1.29 is 28.6 Å². The van der Waals surface area contributed by atoms with E-state index in [0.29, 0.717) is 19.3 Å². The second-order valence-electron chi connectivity index (χ2n) is 15.7. The lowest BCUT2D eigenvalue weighted by Crippen LogP contribution is -2.30. The second-order valence-corrected chi connectivity index (χ2v) is 15.7. The van der Waals surface area contributed by atoms with Crippen LogP contribution >= 0.6 is 0 Å². The third-order valence-electron chi connectivity index (χ3n) is 9.94. The molecule has 0 saturated heterocycles. The minimum atomic E-state index is -0.809. The van der Waals surface area contributed by atoms with E-state index < -0.39 is 6.10 Å². The molecular formula is C52H88O6. The molecule has 0 radical (unpaired) electrons. The summed E-state index contributed by atoms with van der Waals surface area (Å²) in [5.41, 5.74) is 0. The van der Waals surface area contributed by atoms with Crippen molar-refractivity contribution in [2.24, 2.45) is 0 Å². The van der Waals surface area contributed by atoms with E-state index in [0.717, 1.165) is 96.3 Å². The number of esters is 3. The summed E-state index contributed by atoms with van der Waals surface area (Å²) >= 11 is 0. The van der Waals surface area contributed by atoms with Gasteiger partial charge in [-0.05, 0) is 89.9 Å². The Balaban J connectivity index is 4.42. The normalized spacial score (nSPS) is 12.7. The van der Waals surface area contributed by atoms with Gasteiger partial charge in [0.05, 0.1) is 0 Å². The molecule has 1 unspecified atom stereocenters. The van der Waals surface area contributed by atoms with E-state index >= 15 is 0 Å². The molecule has 0 spiro atoms. The number of carbonyl (C=O) groups is 3. The van der Waals surface area contributed by atoms with Gasteiger partial charge in [0.2, 0.25) is 0 Å². The van der Waals surface area contributed by atoms with E-state index in [1.54, 1.807) is 0 Å². The van der Waals surface area contributed by atoms with Gasteiger partial charge >= 0.3 is 17.9 Å². The highest BCUT2D eigenvalue weighted by Crippen LogP contribution is 2.12. The van der Waals surface area contributed by atoms with Crippen LogP contribution < -0.4 is 0 Å². The standard InChI is InChI=1S/C52H88O6/c1-4-7-10-13-16-19-22-23-24-25-26-27-28-31-33-36-39-42-45-51(54)57-48-49(58-52(55)46-43-40-37-34-30-21-18-15-12-9-6-3)47-56-50(53)44-41-38-35-32-29-20-17-14-11-8-5-2/h9,12,14,17-18,21,24-27,34,37,49H,4-8,10-11,13,15-16,19-20,22-23,28-33,35-36,38-48H2,1-3H3/b12-9-,17-14-,21-18-,25-24-,27-26-,37-34-. The van der Waals surface area contributed by atoms with Crippen LogP contribution in [-0.2, 0) is 28.6 Å². The molecule has 0 aliphatic rings. The van der Waals surface area contributed by atoms with Gasteiger partial charge < -0.3 is 14.2 Å². The quantitative estimate of drug-likeness (QED) is 0.0201. The molecule has 0 amide bonds. The van der Waals surface area contributed by atoms with Gasteiger partial charge in [-0.25, -0.2) is 0 Å². The largest absolute Gasteiger partial charge is 0.462 e. The second kappa shape index (κ2) is 46.5. The number of unbranched alkanes of at least 4 members (excludes halogenated alkanes) is 20. The number of allylic oxidation sites excluding steroid dienone is 12. The van der Waals surface area contributed by atoms with Crippen molar-refractivity contribution >= 4 is 17.9 Å². The smallest absolute Gasteiger partial charge is 0.306 e. The van der Waals surface area contributed by atoms with Crippen molar-refractivity contribution in [3.63, 3.8) is 0 Å². The molecule has 0 bridgehead atoms. The van der Waals surface area contributed by atoms with Gasteiger partial charge in [0.1, 0.15) is 13.2 Å². The summed E-state index contributed by atoms with van der Waals surface area (Å²) in [5, 5.41) is 0. The zero-order chi connectivity index (χ0) is 42.3. The summed E-state index contributed by atoms with van der Waals surface area (Å²) in [5.74, 6) is -0.990. The van der Waals surface area contributed by atoms with Crippen LogP contribution in [0.15, 0.2) is 72.9 Å². The molecule has 6 nitrogen and oxygen atoms in total. The molecule has 0 aromatic carbocycles. The molecule has 1 atom stereocenters. The molecule has 0 aliphatic heterocycles. The lowest BCUT2D eigenvalue weighted by atomic mass is 10.1. The maximum atomic E-state index is 12.7. The van der Waals surface area contributed by atoms with Crippen molar-refractivity contribution in [3.05, 3.63) is 72.9 Å². The van der Waals surface area contributed by atoms with Crippen molar-refractivity contribution in [3.8, 4) is 0 Å². The van der Waals surface area contributed by atoms with Crippen molar-refractivity contribution in [2.75, 3.05) is 13.2 Å². The SMILES string of the molecule is CC/C=C\C/C=C\C/C=C\CCCC(=O)OC(COC(=O)CCCCCCC/C=C\C=C/CCCCCCCCC)COC(=O)CCCCCCC/C=C\CCCC. The molecule has 0 fully saturated rings. The van der Waals surface area contributed by atoms with Crippen LogP contribution in [-0.4, -0.2) is 37.2 Å². The lowest BCUT2D eigenvalue weighted by Gasteiger charge is -2.18. The highest BCUT2D eigenvalue weighted by Gasteiger charge is 2.19. The molecule has 0 rings (SSSR count). The molecule has 0 N–H and O–H groups in total. The number of ether oxygens (including phenoxy) is 3. The van der Waals surface area contributed by atoms with Gasteiger partial charge in [-0.3, -0.25) is 14.4 Å². The van der Waals surface area contributed by atoms with Gasteiger partial charge in [-0.1, -0.05) is 184 Å². The predicted octanol–water partition coefficient (Wildman–Crippen LogP) is 15.5. The molecule has 0 aliphatic carbocycles. The van der Waals surface area contributed by atoms with E-state index in [2.05, 4.69) is 93.7 Å². The van der Waals surface area contributed by atoms with Crippen LogP contribution in [0.4, 0.5) is 0 Å². The molecule has 0 heterocycles. The Bertz CT molecular complexity index is 1110. The Morgan fingerprint density at radius 1 is 0.379 bits per heavy atom. The Morgan fingerprint density at radius 3 is 1.28 bits per heavy atom. The monoisotopic (exact) mass is 809 g/mol. The summed E-state index contributed by atoms with van der Waals surface area (Å²) in [6, 6.07) is 0. The first-order chi connectivity index (χ1) is 28.5. The van der Waals surface area contributed by atoms with E-state index in [-0.39, 0.29) is 37.5 Å². The maximum absolute atomic E-state index is 12.7. The number of carbonyl (C=O) groups excluding carboxylic acids is 3. The first-order valence-electron chi connectivity index (χ1n) is 24.0. The van der Waals surface area contributed by atoms with E-state index in [9.17, 15) is 14.4 Å². The van der Waals surface area contributed by atoms with Crippen molar-refractivity contribution in [1.29, 1.82) is 0 Å². The van der Waals surface area contributed by atoms with Crippen LogP contribution in [0.5, 0.6) is 0 Å². The summed E-state index contributed by atoms with van der Waals surface area (Å²) in [4.78, 5) is 37.7. The highest BCUT2D eigenvalue weighted by atomic mass is 16.6. The van der Waals surface area contributed by atoms with Crippen molar-refractivity contribution in [2.45, 2.75) is 226 Å². The molecule has 0 aromatic rings. The Hall–Kier alpha value is -3.15. The highest BCUT2D eigenvalue weighted by molar-refractivity contribution is 5.71. The fraction of sp³-hybridized carbons (Fsp3) is 0.712. The molecule has 58 heavy (non-hydrogen) atoms. The first-order valence-corrected chi connectivity index (χ1v) is 24.0. The fourth-order valence-electron chi connectivity index (χ4n) is 6.32. The average Bonchev–Trinajstić information content (AvgIpc) is 3.22. The maximum Gasteiger partial charge on any atom is 0.306 e. The summed E-state index contributed by atoms with van der Waals surface area (Å²) in [6.45, 7) is 6.39. The molecule has 0 saturated carbocycles. The Morgan fingerprint density at radius 2 is 0.759 bits per heavy atom. The average molecular weight is 809 g/mol. The molecule has 6 heteroatoms. The number of hydrogen-bond acceptors (Lipinski definition) is 6. The Labute approximate surface area is 357 Å². The molecular weight excluding hydrogens is 721 g/mol. The van der Waals surface area contributed by atoms with Gasteiger partial charge in [0.15, 0.2) is 6.10 Å². The summed E-state index contributed by atoms with van der Waals surface area (Å²) in [7, 11) is 0. The van der Waals surface area contributed by atoms with Crippen molar-refractivity contribution in [1.82, 2.24) is 0 Å². The topological polar surface area (TPSA) is 78.9 Å². The number of rotatable bonds is 42. The minimum absolute atomic E-state index is 0.106. The van der Waals surface area contributed by atoms with Gasteiger partial charge in [-0.15, -0.1) is 0 Å². The zero-order valence-corrected chi connectivity index (χ0v) is 37.8. The first kappa shape index (κ1) is 54.9. The Kier molecular flexibility index (Phi) is 44.0. The van der Waals surface area contributed by atoms with Crippen LogP contribution in [0.1, 0.15) is 220 Å². The molecule has 332 valence electrons. The van der Waals surface area contributed by atoms with Gasteiger partial charge in [-0.2, -0.15) is 0 Å². The van der Waals surface area contributed by atoms with E-state index in [1.165, 1.54) is 77.0 Å². The third kappa shape index (κ3) is 44.0. The minimum Gasteiger partial charge on any atom is -0.462 e. The van der Waals surface area contributed by atoms with Gasteiger partial charge in [0, 0.05) is 19.3 Å². The van der Waals surface area contributed by atoms with Crippen LogP contribution in [0.25, 0.3) is 0 Å². The lowest BCUT2D eigenvalue weighted by molar-refractivity contribution is -0.167. The summed E-state index contributed by atoms with van der Waals surface area (Å²) in [6.07, 6.45) is 57.5. The molecule has 0 aromatic heterocycles. The third-order valence-corrected chi connectivity index (χ3v) is 9.94. The van der Waals surface area contributed by atoms with E-state index in [1.807, 2.05) is 0 Å². The van der Waals surface area contributed by atoms with Crippen LogP contribution in [0.2, 0.25) is 0 Å². The number of hydrogen-bond donors (Lipinski definition) is 0. The van der Waals surface area contributed by atoms with Gasteiger partial charge in [0.25, 0.3) is 0 Å². The van der Waals surface area contributed by atoms with Crippen LogP contribution in [0, 0.1) is 0 Å². The zero-order valence-electron chi connectivity index (χ0n) is 37.8. The van der Waals surface area contributed by atoms with Crippen LogP contribution in [0.3, 0.4) is 0 Å².